The van der Waals surface area contributed by atoms with Crippen molar-refractivity contribution in [1.82, 2.24) is 16.0 Å². The van der Waals surface area contributed by atoms with Gasteiger partial charge in [0.25, 0.3) is 0 Å². The fourth-order valence-corrected chi connectivity index (χ4v) is 6.31. The maximum absolute atomic E-state index is 11.9. The van der Waals surface area contributed by atoms with Crippen LogP contribution in [0.2, 0.25) is 0 Å². The van der Waals surface area contributed by atoms with Gasteiger partial charge in [-0.05, 0) is 26.3 Å². The molecule has 0 spiro atoms. The van der Waals surface area contributed by atoms with Gasteiger partial charge < -0.3 is 93.5 Å². The van der Waals surface area contributed by atoms with Crippen LogP contribution in [0.1, 0.15) is 109 Å². The minimum absolute atomic E-state index is 0.0377. The summed E-state index contributed by atoms with van der Waals surface area (Å²) in [7, 11) is 4.59. The van der Waals surface area contributed by atoms with E-state index in [4.69, 9.17) is 78.2 Å². The van der Waals surface area contributed by atoms with Crippen molar-refractivity contribution in [2.75, 3.05) is 193 Å². The summed E-state index contributed by atoms with van der Waals surface area (Å²) >= 11 is 0. The normalized spacial score (nSPS) is 11.2. The highest BCUT2D eigenvalue weighted by molar-refractivity contribution is 5.84. The van der Waals surface area contributed by atoms with Crippen LogP contribution < -0.4 is 21.7 Å². The van der Waals surface area contributed by atoms with Gasteiger partial charge >= 0.3 is 11.9 Å². The van der Waals surface area contributed by atoms with Crippen molar-refractivity contribution in [3.05, 3.63) is 0 Å². The van der Waals surface area contributed by atoms with Crippen LogP contribution >= 0.6 is 0 Å². The Morgan fingerprint density at radius 3 is 0.897 bits per heavy atom. The van der Waals surface area contributed by atoms with Gasteiger partial charge in [-0.25, -0.2) is 4.79 Å². The molecule has 1 atom stereocenters. The largest absolute Gasteiger partial charge is 0.481 e. The maximum atomic E-state index is 11.9. The highest BCUT2D eigenvalue weighted by Gasteiger charge is 2.20. The Morgan fingerprint density at radius 2 is 0.628 bits per heavy atom. The second-order valence-electron chi connectivity index (χ2n) is 16.8. The van der Waals surface area contributed by atoms with Gasteiger partial charge in [-0.15, -0.1) is 6.42 Å². The number of unbranched alkanes of at least 4 members (excludes halogenated alkanes) is 11. The molecule has 0 saturated heterocycles. The lowest BCUT2D eigenvalue weighted by Gasteiger charge is -2.14. The van der Waals surface area contributed by atoms with Crippen LogP contribution in [0, 0.1) is 12.3 Å². The van der Waals surface area contributed by atoms with Gasteiger partial charge in [-0.1, -0.05) is 70.1 Å². The Labute approximate surface area is 466 Å². The van der Waals surface area contributed by atoms with E-state index < -0.39 is 18.0 Å². The molecule has 0 radical (unpaired) electrons. The fourth-order valence-electron chi connectivity index (χ4n) is 6.31. The van der Waals surface area contributed by atoms with E-state index in [1.165, 1.54) is 46.2 Å². The van der Waals surface area contributed by atoms with Crippen molar-refractivity contribution in [1.29, 1.82) is 0 Å². The number of rotatable bonds is 60. The van der Waals surface area contributed by atoms with Crippen LogP contribution in [-0.2, 0) is 85.6 Å². The van der Waals surface area contributed by atoms with Crippen molar-refractivity contribution < 1.29 is 95.8 Å². The van der Waals surface area contributed by atoms with Crippen LogP contribution in [0.3, 0.4) is 0 Å². The first-order valence-corrected chi connectivity index (χ1v) is 27.8. The maximum Gasteiger partial charge on any atom is 0.326 e. The topological polar surface area (TPSA) is 308 Å². The summed E-state index contributed by atoms with van der Waals surface area (Å²) in [6, 6.07) is -1.02. The summed E-state index contributed by atoms with van der Waals surface area (Å²) in [5.41, 5.74) is 4.50. The Balaban J connectivity index is -0.00000152. The zero-order valence-corrected chi connectivity index (χ0v) is 47.9. The summed E-state index contributed by atoms with van der Waals surface area (Å²) in [6.45, 7) is 12.6. The van der Waals surface area contributed by atoms with Crippen LogP contribution in [0.4, 0.5) is 0 Å². The molecule has 0 aliphatic rings. The number of hydrogen-bond donors (Lipinski definition) is 6. The number of amides is 3. The molecule has 0 saturated carbocycles. The number of carbonyl (C=O) groups excluding carboxylic acids is 3. The number of hydrogen-bond acceptors (Lipinski definition) is 19. The molecule has 0 aromatic carbocycles. The number of nitrogens with one attached hydrogen (secondary N) is 3. The van der Waals surface area contributed by atoms with Gasteiger partial charge in [0.2, 0.25) is 17.7 Å². The van der Waals surface area contributed by atoms with E-state index in [-0.39, 0.29) is 37.0 Å². The summed E-state index contributed by atoms with van der Waals surface area (Å²) < 4.78 is 70.1. The average Bonchev–Trinajstić information content (AvgIpc) is 3.44. The number of ether oxygens (including phenoxy) is 13. The van der Waals surface area contributed by atoms with E-state index in [2.05, 4.69) is 27.6 Å². The molecule has 0 heterocycles. The first-order valence-electron chi connectivity index (χ1n) is 27.8. The van der Waals surface area contributed by atoms with E-state index in [1.807, 2.05) is 0 Å². The molecule has 0 aliphatic carbocycles. The number of aliphatic carboxylic acids is 2. The van der Waals surface area contributed by atoms with E-state index >= 15 is 0 Å². The van der Waals surface area contributed by atoms with Crippen molar-refractivity contribution in [2.45, 2.75) is 115 Å². The van der Waals surface area contributed by atoms with Gasteiger partial charge in [-0.2, -0.15) is 0 Å². The van der Waals surface area contributed by atoms with Gasteiger partial charge in [0.1, 0.15) is 12.6 Å². The molecule has 3 amide bonds. The predicted octanol–water partition coefficient (Wildman–Crippen LogP) is 3.17. The van der Waals surface area contributed by atoms with Crippen LogP contribution in [0.5, 0.6) is 0 Å². The van der Waals surface area contributed by atoms with Crippen LogP contribution in [-0.4, -0.2) is 239 Å². The highest BCUT2D eigenvalue weighted by atomic mass is 16.6. The monoisotopic (exact) mass is 1130 g/mol. The smallest absolute Gasteiger partial charge is 0.326 e. The molecule has 0 aliphatic heterocycles. The van der Waals surface area contributed by atoms with Crippen molar-refractivity contribution in [3.8, 4) is 12.3 Å². The zero-order valence-electron chi connectivity index (χ0n) is 47.9. The zero-order chi connectivity index (χ0) is 57.9. The Kier molecular flexibility index (Phi) is 70.0. The Bertz CT molecular complexity index is 1350. The molecular formula is C54H104N4O20. The van der Waals surface area contributed by atoms with Crippen molar-refractivity contribution in [3.63, 3.8) is 0 Å². The molecule has 7 N–H and O–H groups in total. The average molecular weight is 1130 g/mol. The number of carboxylic acids is 2. The summed E-state index contributed by atoms with van der Waals surface area (Å²) in [6.07, 6.45) is 19.0. The minimum Gasteiger partial charge on any atom is -0.481 e. The number of nitrogens with two attached hydrogens (primary N) is 1. The summed E-state index contributed by atoms with van der Waals surface area (Å²) in [5, 5.41) is 25.2. The standard InChI is InChI=1S/C31H59NO14.C22H40N2O6.CH5N/c1-3-5-34-7-9-36-11-13-38-15-17-40-19-21-42-23-25-44-27-29-46-30-28-45-26-24-43-22-20-41-18-16-39-14-12-37-10-8-35-6-4-31(33)32-2;1-23-19(25)17-16-18(22(29)30)24-20(26)14-12-10-8-6-4-2-3-5-7-9-11-13-15-21(27)28;1-2/h1H,4-30H2,2H3,(H,32,33);18H,2-17H2,1H3,(H,23,25)(H,24,26)(H,27,28)(H,29,30);2H2,1H3/t;18-;/m.1./s1. The first kappa shape index (κ1) is 78.6. The van der Waals surface area contributed by atoms with Crippen LogP contribution in [0.25, 0.3) is 0 Å². The SMILES string of the molecule is C#CCOCCOCCOCCOCCOCCOCCOCCOCCOCCOCCOCCOCCOCCC(=O)NC.CN.CNC(=O)CC[C@@H](NC(=O)CCCCCCCCCCCCCCC(=O)O)C(=O)O. The summed E-state index contributed by atoms with van der Waals surface area (Å²) in [5.74, 6) is 0.00953. The lowest BCUT2D eigenvalue weighted by Crippen LogP contribution is -2.41. The third kappa shape index (κ3) is 70.4. The Morgan fingerprint density at radius 1 is 0.372 bits per heavy atom. The lowest BCUT2D eigenvalue weighted by atomic mass is 10.0. The van der Waals surface area contributed by atoms with Gasteiger partial charge in [-0.3, -0.25) is 19.2 Å². The quantitative estimate of drug-likeness (QED) is 0.0376. The van der Waals surface area contributed by atoms with Crippen LogP contribution in [0.15, 0.2) is 0 Å². The molecule has 78 heavy (non-hydrogen) atoms. The van der Waals surface area contributed by atoms with E-state index in [0.717, 1.165) is 44.9 Å². The minimum atomic E-state index is -1.12. The second-order valence-corrected chi connectivity index (χ2v) is 16.8. The molecule has 0 aromatic heterocycles. The Hall–Kier alpha value is -3.65. The molecule has 24 nitrogen and oxygen atoms in total. The summed E-state index contributed by atoms with van der Waals surface area (Å²) in [4.78, 5) is 55.7. The van der Waals surface area contributed by atoms with E-state index in [1.54, 1.807) is 7.05 Å². The van der Waals surface area contributed by atoms with Gasteiger partial charge in [0.15, 0.2) is 0 Å². The third-order valence-corrected chi connectivity index (χ3v) is 10.5. The number of carboxylic acid groups (broad SMARTS) is 2. The number of carbonyl (C=O) groups is 5. The molecule has 24 heteroatoms. The molecule has 0 unspecified atom stereocenters. The van der Waals surface area contributed by atoms with E-state index in [0.29, 0.717) is 185 Å². The first-order chi connectivity index (χ1) is 38.2. The molecular weight excluding hydrogens is 1020 g/mol. The van der Waals surface area contributed by atoms with Gasteiger partial charge in [0, 0.05) is 39.8 Å². The fraction of sp³-hybridized carbons (Fsp3) is 0.870. The highest BCUT2D eigenvalue weighted by Crippen LogP contribution is 2.13. The van der Waals surface area contributed by atoms with Gasteiger partial charge in [0.05, 0.1) is 165 Å². The molecule has 0 fully saturated rings. The molecule has 0 rings (SSSR count). The molecule has 460 valence electrons. The third-order valence-electron chi connectivity index (χ3n) is 10.5. The van der Waals surface area contributed by atoms with E-state index in [9.17, 15) is 24.0 Å². The number of terminal acetylenes is 1. The predicted molar refractivity (Wildman–Crippen MR) is 293 cm³/mol. The molecule has 0 bridgehead atoms. The molecule has 0 aromatic rings. The van der Waals surface area contributed by atoms with Crippen molar-refractivity contribution >= 4 is 29.7 Å². The second kappa shape index (κ2) is 69.5. The lowest BCUT2D eigenvalue weighted by molar-refractivity contribution is -0.142. The van der Waals surface area contributed by atoms with Crippen molar-refractivity contribution in [2.24, 2.45) is 5.73 Å².